The van der Waals surface area contributed by atoms with Gasteiger partial charge in [0.25, 0.3) is 0 Å². The molecule has 3 aromatic rings. The second-order valence-electron chi connectivity index (χ2n) is 10.5. The third-order valence-corrected chi connectivity index (χ3v) is 11.9. The second-order valence-corrected chi connectivity index (χ2v) is 15.3. The van der Waals surface area contributed by atoms with E-state index in [2.05, 4.69) is 20.7 Å². The summed E-state index contributed by atoms with van der Waals surface area (Å²) in [5.41, 5.74) is 1.45. The van der Waals surface area contributed by atoms with Crippen LogP contribution in [0.5, 0.6) is 11.5 Å². The Labute approximate surface area is 281 Å². The Morgan fingerprint density at radius 2 is 1.87 bits per heavy atom. The van der Waals surface area contributed by atoms with Crippen molar-refractivity contribution in [3.8, 4) is 11.5 Å². The molecular formula is C29H27BrCl2F2N2O7S2. The summed E-state index contributed by atoms with van der Waals surface area (Å²) in [7, 11) is -4.09. The number of rotatable bonds is 12. The topological polar surface area (TPSA) is 109 Å². The number of benzene rings is 2. The number of hydrogen-bond donors (Lipinski definition) is 0. The van der Waals surface area contributed by atoms with Crippen molar-refractivity contribution in [1.29, 1.82) is 0 Å². The highest BCUT2D eigenvalue weighted by atomic mass is 79.9. The number of pyridine rings is 1. The van der Waals surface area contributed by atoms with Crippen molar-refractivity contribution in [3.05, 3.63) is 85.2 Å². The molecular weight excluding hydrogens is 741 g/mol. The largest absolute Gasteiger partial charge is 0.619 e. The number of hydrogen-bond acceptors (Lipinski definition) is 8. The van der Waals surface area contributed by atoms with Crippen LogP contribution in [-0.4, -0.2) is 49.6 Å². The molecule has 45 heavy (non-hydrogen) atoms. The number of sulfonamides is 1. The molecule has 2 heterocycles. The predicted octanol–water partition coefficient (Wildman–Crippen LogP) is 6.68. The molecule has 1 saturated heterocycles. The average Bonchev–Trinajstić information content (AvgIpc) is 3.66. The minimum Gasteiger partial charge on any atom is -0.619 e. The Bertz CT molecular complexity index is 1680. The van der Waals surface area contributed by atoms with Gasteiger partial charge in [-0.1, -0.05) is 51.3 Å². The van der Waals surface area contributed by atoms with Gasteiger partial charge in [-0.25, -0.2) is 13.2 Å². The number of esters is 1. The van der Waals surface area contributed by atoms with Crippen molar-refractivity contribution in [2.24, 2.45) is 5.92 Å². The lowest BCUT2D eigenvalue weighted by atomic mass is 10.0. The molecule has 2 aromatic carbocycles. The molecule has 0 bridgehead atoms. The average molecular weight is 768 g/mol. The zero-order valence-electron chi connectivity index (χ0n) is 23.6. The Morgan fingerprint density at radius 1 is 1.16 bits per heavy atom. The molecule has 0 unspecified atom stereocenters. The first-order chi connectivity index (χ1) is 21.3. The summed E-state index contributed by atoms with van der Waals surface area (Å²) in [5.74, 6) is -0.394. The number of nitrogens with zero attached hydrogens (tertiary/aromatic N) is 2. The van der Waals surface area contributed by atoms with Gasteiger partial charge in [-0.3, -0.25) is 0 Å². The van der Waals surface area contributed by atoms with Gasteiger partial charge in [0.1, 0.15) is 16.1 Å². The zero-order valence-corrected chi connectivity index (χ0v) is 28.4. The summed E-state index contributed by atoms with van der Waals surface area (Å²) in [5, 5.41) is 10.7. The minimum absolute atomic E-state index is 0.00537. The van der Waals surface area contributed by atoms with Crippen molar-refractivity contribution in [2.45, 2.75) is 49.2 Å². The lowest BCUT2D eigenvalue weighted by Gasteiger charge is -2.26. The fourth-order valence-corrected chi connectivity index (χ4v) is 8.82. The standard InChI is InChI=1S/C29H27BrCl2F2N2O7S2/c1-16-2-6-19(11-21(16)30)45(39,40)36-8-9-44-27(36)28(37)42-25(12-20-22(31)13-35(38)14-23(20)32)18-5-7-24(43-29(33)34)26(10-18)41-15-17-3-4-17/h2,5-7,10-11,13-14,17,25,27,29H,3-4,8-9,12,15H2,1H3/t25-,27-/m0/s1. The van der Waals surface area contributed by atoms with Crippen LogP contribution >= 0.6 is 50.9 Å². The summed E-state index contributed by atoms with van der Waals surface area (Å²) in [6.45, 7) is -0.923. The monoisotopic (exact) mass is 766 g/mol. The van der Waals surface area contributed by atoms with E-state index in [9.17, 15) is 27.2 Å². The van der Waals surface area contributed by atoms with Gasteiger partial charge in [-0.05, 0) is 61.1 Å². The third-order valence-electron chi connectivity index (χ3n) is 7.23. The summed E-state index contributed by atoms with van der Waals surface area (Å²) in [6.07, 6.45) is 2.81. The molecule has 0 N–H and O–H groups in total. The molecule has 2 aliphatic rings. The molecule has 0 amide bonds. The number of aryl methyl sites for hydroxylation is 1. The van der Waals surface area contributed by atoms with Crippen molar-refractivity contribution in [3.63, 3.8) is 0 Å². The molecule has 1 aromatic heterocycles. The lowest BCUT2D eigenvalue weighted by molar-refractivity contribution is -0.605. The first-order valence-corrected chi connectivity index (χ1v) is 17.8. The van der Waals surface area contributed by atoms with Crippen molar-refractivity contribution < 1.29 is 40.9 Å². The molecule has 1 aliphatic heterocycles. The van der Waals surface area contributed by atoms with Gasteiger partial charge in [0, 0.05) is 28.8 Å². The van der Waals surface area contributed by atoms with Crippen LogP contribution in [0.2, 0.25) is 10.0 Å². The van der Waals surface area contributed by atoms with Crippen LogP contribution in [0.25, 0.3) is 0 Å². The van der Waals surface area contributed by atoms with E-state index in [4.69, 9.17) is 32.7 Å². The maximum Gasteiger partial charge on any atom is 0.387 e. The van der Waals surface area contributed by atoms with Crippen LogP contribution in [0.3, 0.4) is 0 Å². The number of aromatic nitrogens is 1. The van der Waals surface area contributed by atoms with E-state index in [1.807, 2.05) is 6.92 Å². The predicted molar refractivity (Wildman–Crippen MR) is 168 cm³/mol. The fourth-order valence-electron chi connectivity index (χ4n) is 4.62. The SMILES string of the molecule is Cc1ccc(S(=O)(=O)N2CCS[C@H]2C(=O)O[C@@H](Cc2c(Cl)c[n+]([O-])cc2Cl)c2ccc(OC(F)F)c(OCC3CC3)c2)cc1Br. The normalized spacial score (nSPS) is 17.8. The number of alkyl halides is 2. The smallest absolute Gasteiger partial charge is 0.387 e. The molecule has 9 nitrogen and oxygen atoms in total. The van der Waals surface area contributed by atoms with E-state index in [0.29, 0.717) is 26.4 Å². The maximum absolute atomic E-state index is 13.7. The Balaban J connectivity index is 1.47. The van der Waals surface area contributed by atoms with Crippen LogP contribution in [0.15, 0.2) is 58.2 Å². The van der Waals surface area contributed by atoms with E-state index in [0.717, 1.165) is 46.9 Å². The zero-order chi connectivity index (χ0) is 32.5. The maximum atomic E-state index is 13.7. The summed E-state index contributed by atoms with van der Waals surface area (Å²) in [4.78, 5) is 13.8. The van der Waals surface area contributed by atoms with E-state index < -0.39 is 34.1 Å². The van der Waals surface area contributed by atoms with Crippen molar-refractivity contribution in [2.75, 3.05) is 18.9 Å². The molecule has 1 aliphatic carbocycles. The number of carbonyl (C=O) groups excluding carboxylic acids is 1. The van der Waals surface area contributed by atoms with E-state index in [-0.39, 0.29) is 51.6 Å². The van der Waals surface area contributed by atoms with Gasteiger partial charge in [0.15, 0.2) is 29.3 Å². The van der Waals surface area contributed by atoms with Crippen LogP contribution in [0.4, 0.5) is 8.78 Å². The van der Waals surface area contributed by atoms with Crippen molar-refractivity contribution in [1.82, 2.24) is 4.31 Å². The first-order valence-electron chi connectivity index (χ1n) is 13.7. The van der Waals surface area contributed by atoms with E-state index in [1.54, 1.807) is 6.07 Å². The van der Waals surface area contributed by atoms with Crippen molar-refractivity contribution >= 4 is 66.9 Å². The molecule has 16 heteroatoms. The summed E-state index contributed by atoms with van der Waals surface area (Å²) in [6, 6.07) is 8.74. The van der Waals surface area contributed by atoms with Gasteiger partial charge in [-0.2, -0.15) is 17.8 Å². The van der Waals surface area contributed by atoms with Gasteiger partial charge < -0.3 is 19.4 Å². The Morgan fingerprint density at radius 3 is 2.51 bits per heavy atom. The quantitative estimate of drug-likeness (QED) is 0.114. The highest BCUT2D eigenvalue weighted by Gasteiger charge is 2.42. The lowest BCUT2D eigenvalue weighted by Crippen LogP contribution is -2.40. The molecule has 1 saturated carbocycles. The van der Waals surface area contributed by atoms with Gasteiger partial charge in [-0.15, -0.1) is 11.8 Å². The van der Waals surface area contributed by atoms with Gasteiger partial charge in [0.2, 0.25) is 10.0 Å². The number of ether oxygens (including phenoxy) is 3. The highest BCUT2D eigenvalue weighted by Crippen LogP contribution is 2.39. The minimum atomic E-state index is -4.09. The second kappa shape index (κ2) is 14.2. The third kappa shape index (κ3) is 8.14. The van der Waals surface area contributed by atoms with Gasteiger partial charge in [0.05, 0.1) is 11.5 Å². The van der Waals surface area contributed by atoms with E-state index in [1.165, 1.54) is 30.3 Å². The molecule has 2 fully saturated rings. The van der Waals surface area contributed by atoms with Crippen LogP contribution in [0.1, 0.15) is 35.6 Å². The molecule has 5 rings (SSSR count). The number of halogens is 5. The van der Waals surface area contributed by atoms with Gasteiger partial charge >= 0.3 is 12.6 Å². The molecule has 2 atom stereocenters. The Hall–Kier alpha value is -2.36. The highest BCUT2D eigenvalue weighted by molar-refractivity contribution is 9.10. The first kappa shape index (κ1) is 34.0. The van der Waals surface area contributed by atoms with Crippen LogP contribution in [-0.2, 0) is 26.0 Å². The van der Waals surface area contributed by atoms with Crippen LogP contribution in [0, 0.1) is 18.0 Å². The molecule has 242 valence electrons. The summed E-state index contributed by atoms with van der Waals surface area (Å²) >= 11 is 17.1. The van der Waals surface area contributed by atoms with E-state index >= 15 is 0 Å². The number of thioether (sulfide) groups is 1. The summed E-state index contributed by atoms with van der Waals surface area (Å²) < 4.78 is 72.1. The fraction of sp³-hybridized carbons (Fsp3) is 0.379. The molecule has 0 radical (unpaired) electrons. The molecule has 0 spiro atoms. The number of carbonyl (C=O) groups is 1. The Kier molecular flexibility index (Phi) is 10.7. The van der Waals surface area contributed by atoms with Crippen LogP contribution < -0.4 is 14.2 Å².